The van der Waals surface area contributed by atoms with Crippen LogP contribution in [0.3, 0.4) is 0 Å². The lowest BCUT2D eigenvalue weighted by molar-refractivity contribution is 0.235. The first-order valence-electron chi connectivity index (χ1n) is 8.60. The lowest BCUT2D eigenvalue weighted by atomic mass is 9.80. The zero-order valence-electron chi connectivity index (χ0n) is 16.5. The van der Waals surface area contributed by atoms with Gasteiger partial charge in [-0.05, 0) is 49.4 Å². The lowest BCUT2D eigenvalue weighted by Gasteiger charge is -2.26. The molecule has 0 radical (unpaired) electrons. The highest BCUT2D eigenvalue weighted by molar-refractivity contribution is 5.13. The fraction of sp³-hybridized carbons (Fsp3) is 0.905. The summed E-state index contributed by atoms with van der Waals surface area (Å²) in [6.07, 6.45) is 0. The molecule has 0 amide bonds. The third-order valence-corrected chi connectivity index (χ3v) is 5.29. The van der Waals surface area contributed by atoms with Crippen molar-refractivity contribution in [2.24, 2.45) is 35.5 Å². The van der Waals surface area contributed by atoms with E-state index in [0.717, 1.165) is 23.7 Å². The van der Waals surface area contributed by atoms with Crippen molar-refractivity contribution in [3.63, 3.8) is 0 Å². The minimum Gasteiger partial charge on any atom is -0.0776 e. The van der Waals surface area contributed by atoms with Crippen LogP contribution in [-0.4, -0.2) is 0 Å². The minimum atomic E-state index is 0. The third kappa shape index (κ3) is 11.0. The molecule has 0 aromatic carbocycles. The van der Waals surface area contributed by atoms with Gasteiger partial charge in [0.25, 0.3) is 0 Å². The van der Waals surface area contributed by atoms with E-state index in [1.54, 1.807) is 11.1 Å². The van der Waals surface area contributed by atoms with Crippen molar-refractivity contribution < 1.29 is 0 Å². The Morgan fingerprint density at radius 3 is 0.762 bits per heavy atom. The molecule has 0 N–H and O–H groups in total. The Hall–Kier alpha value is -0.260. The van der Waals surface area contributed by atoms with E-state index in [9.17, 15) is 0 Å². The van der Waals surface area contributed by atoms with Crippen molar-refractivity contribution in [3.8, 4) is 0 Å². The van der Waals surface area contributed by atoms with Crippen LogP contribution in [0.25, 0.3) is 0 Å². The molecule has 2 atom stereocenters. The maximum atomic E-state index is 2.36. The van der Waals surface area contributed by atoms with Crippen LogP contribution in [0.4, 0.5) is 0 Å². The summed E-state index contributed by atoms with van der Waals surface area (Å²) in [7, 11) is 0. The highest BCUT2D eigenvalue weighted by Gasteiger charge is 2.17. The normalized spacial score (nSPS) is 15.4. The Morgan fingerprint density at radius 2 is 0.667 bits per heavy atom. The molecule has 21 heavy (non-hydrogen) atoms. The molecular weight excluding hydrogens is 252 g/mol. The maximum absolute atomic E-state index is 2.36. The molecule has 0 aromatic heterocycles. The number of hydrogen-bond acceptors (Lipinski definition) is 0. The second-order valence-electron chi connectivity index (χ2n) is 7.88. The van der Waals surface area contributed by atoms with Gasteiger partial charge in [0.1, 0.15) is 0 Å². The molecule has 0 aliphatic heterocycles. The Balaban J connectivity index is -0.000000295. The van der Waals surface area contributed by atoms with E-state index in [4.69, 9.17) is 0 Å². The summed E-state index contributed by atoms with van der Waals surface area (Å²) in [6.45, 7) is 27.4. The number of hydrogen-bond donors (Lipinski definition) is 0. The smallest absolute Gasteiger partial charge is 0.0260 e. The van der Waals surface area contributed by atoms with E-state index < -0.39 is 0 Å². The molecule has 130 valence electrons. The van der Waals surface area contributed by atoms with Crippen LogP contribution in [0, 0.1) is 35.5 Å². The van der Waals surface area contributed by atoms with Gasteiger partial charge in [-0.2, -0.15) is 0 Å². The Kier molecular flexibility index (Phi) is 15.0. The molecule has 0 aliphatic rings. The Morgan fingerprint density at radius 1 is 0.476 bits per heavy atom. The van der Waals surface area contributed by atoms with Gasteiger partial charge >= 0.3 is 0 Å². The molecule has 0 bridgehead atoms. The summed E-state index contributed by atoms with van der Waals surface area (Å²) >= 11 is 0. The van der Waals surface area contributed by atoms with E-state index >= 15 is 0 Å². The van der Waals surface area contributed by atoms with Crippen LogP contribution in [-0.2, 0) is 0 Å². The first-order chi connectivity index (χ1) is 8.93. The second-order valence-corrected chi connectivity index (χ2v) is 7.88. The average Bonchev–Trinajstić information content (AvgIpc) is 2.35. The van der Waals surface area contributed by atoms with E-state index in [2.05, 4.69) is 83.1 Å². The highest BCUT2D eigenvalue weighted by Crippen LogP contribution is 2.25. The van der Waals surface area contributed by atoms with Gasteiger partial charge in [-0.1, -0.05) is 87.8 Å². The van der Waals surface area contributed by atoms with E-state index in [1.807, 2.05) is 0 Å². The molecule has 2 unspecified atom stereocenters. The predicted octanol–water partition coefficient (Wildman–Crippen LogP) is 7.84. The SMILES string of the molecule is C.C/C(=C(\C)C(C)C)C(C)C.CC(C)C(C)C(C)C(C)C. The summed E-state index contributed by atoms with van der Waals surface area (Å²) in [6, 6.07) is 0. The van der Waals surface area contributed by atoms with Crippen molar-refractivity contribution in [1.29, 1.82) is 0 Å². The van der Waals surface area contributed by atoms with Gasteiger partial charge in [0.15, 0.2) is 0 Å². The molecule has 0 rings (SSSR count). The maximum Gasteiger partial charge on any atom is -0.0260 e. The van der Waals surface area contributed by atoms with E-state index in [0.29, 0.717) is 11.8 Å². The standard InChI is InChI=1S/C10H22.C10H20.CH4/c2*1-7(2)9(5)10(6)8(3)4;/h7-10H,1-6H3;7-8H,1-6H3;1H4/b;10-9-;. The van der Waals surface area contributed by atoms with Gasteiger partial charge in [0.2, 0.25) is 0 Å². The van der Waals surface area contributed by atoms with E-state index in [1.165, 1.54) is 0 Å². The summed E-state index contributed by atoms with van der Waals surface area (Å²) in [4.78, 5) is 0. The molecule has 0 aliphatic carbocycles. The van der Waals surface area contributed by atoms with Crippen LogP contribution < -0.4 is 0 Å². The van der Waals surface area contributed by atoms with Crippen molar-refractivity contribution >= 4 is 0 Å². The van der Waals surface area contributed by atoms with Crippen molar-refractivity contribution in [3.05, 3.63) is 11.1 Å². The molecule has 0 heterocycles. The Labute approximate surface area is 137 Å². The van der Waals surface area contributed by atoms with Gasteiger partial charge in [0, 0.05) is 0 Å². The quantitative estimate of drug-likeness (QED) is 0.453. The Bertz CT molecular complexity index is 238. The van der Waals surface area contributed by atoms with Gasteiger partial charge in [-0.15, -0.1) is 0 Å². The van der Waals surface area contributed by atoms with Crippen LogP contribution in [0.1, 0.15) is 90.5 Å². The third-order valence-electron chi connectivity index (χ3n) is 5.29. The summed E-state index contributed by atoms with van der Waals surface area (Å²) in [5, 5.41) is 0. The summed E-state index contributed by atoms with van der Waals surface area (Å²) < 4.78 is 0. The van der Waals surface area contributed by atoms with Crippen molar-refractivity contribution in [2.45, 2.75) is 90.5 Å². The molecule has 0 saturated carbocycles. The largest absolute Gasteiger partial charge is 0.0776 e. The van der Waals surface area contributed by atoms with Crippen LogP contribution in [0.2, 0.25) is 0 Å². The first kappa shape index (κ1) is 25.7. The molecule has 0 spiro atoms. The zero-order chi connectivity index (χ0) is 16.6. The van der Waals surface area contributed by atoms with Gasteiger partial charge in [-0.3, -0.25) is 0 Å². The molecule has 0 fully saturated rings. The van der Waals surface area contributed by atoms with Crippen LogP contribution in [0.5, 0.6) is 0 Å². The van der Waals surface area contributed by atoms with Crippen molar-refractivity contribution in [2.75, 3.05) is 0 Å². The second kappa shape index (κ2) is 12.3. The molecule has 0 saturated heterocycles. The fourth-order valence-corrected chi connectivity index (χ4v) is 2.12. The van der Waals surface area contributed by atoms with Crippen LogP contribution >= 0.6 is 0 Å². The first-order valence-corrected chi connectivity index (χ1v) is 8.60. The predicted molar refractivity (Wildman–Crippen MR) is 103 cm³/mol. The number of rotatable bonds is 5. The van der Waals surface area contributed by atoms with Gasteiger partial charge < -0.3 is 0 Å². The molecule has 0 heteroatoms. The van der Waals surface area contributed by atoms with Crippen molar-refractivity contribution in [1.82, 2.24) is 0 Å². The summed E-state index contributed by atoms with van der Waals surface area (Å²) in [5.41, 5.74) is 3.10. The molecular formula is C21H46. The van der Waals surface area contributed by atoms with Crippen LogP contribution in [0.15, 0.2) is 11.1 Å². The molecule has 0 nitrogen and oxygen atoms in total. The summed E-state index contributed by atoms with van der Waals surface area (Å²) in [5.74, 6) is 4.81. The monoisotopic (exact) mass is 298 g/mol. The zero-order valence-corrected chi connectivity index (χ0v) is 16.5. The minimum absolute atomic E-state index is 0. The lowest BCUT2D eigenvalue weighted by Crippen LogP contribution is -2.18. The molecule has 0 aromatic rings. The van der Waals surface area contributed by atoms with E-state index in [-0.39, 0.29) is 7.43 Å². The number of allylic oxidation sites excluding steroid dienone is 2. The van der Waals surface area contributed by atoms with Gasteiger partial charge in [0.05, 0.1) is 0 Å². The highest BCUT2D eigenvalue weighted by atomic mass is 14.2. The topological polar surface area (TPSA) is 0 Å². The fourth-order valence-electron chi connectivity index (χ4n) is 2.12. The van der Waals surface area contributed by atoms with Gasteiger partial charge in [-0.25, -0.2) is 0 Å². The average molecular weight is 299 g/mol.